The molecule has 5 heteroatoms. The molecule has 0 spiro atoms. The Balaban J connectivity index is 2.33. The van der Waals surface area contributed by atoms with E-state index in [1.165, 1.54) is 0 Å². The molecule has 0 saturated heterocycles. The number of nitrogens with two attached hydrogens (primary N) is 1. The van der Waals surface area contributed by atoms with Crippen LogP contribution >= 0.6 is 0 Å². The summed E-state index contributed by atoms with van der Waals surface area (Å²) >= 11 is 0. The molecule has 0 aromatic heterocycles. The highest BCUT2D eigenvalue weighted by Gasteiger charge is 2.19. The lowest BCUT2D eigenvalue weighted by Crippen LogP contribution is -2.29. The number of aryl methyl sites for hydroxylation is 1. The largest absolute Gasteiger partial charge is 0.397 e. The van der Waals surface area contributed by atoms with E-state index in [-0.39, 0.29) is 11.8 Å². The second kappa shape index (κ2) is 5.83. The number of nitriles is 1. The summed E-state index contributed by atoms with van der Waals surface area (Å²) in [6.07, 6.45) is 1.24. The van der Waals surface area contributed by atoms with Crippen LogP contribution in [-0.4, -0.2) is 19.0 Å². The summed E-state index contributed by atoms with van der Waals surface area (Å²) < 4.78 is 0. The molecule has 0 aliphatic carbocycles. The summed E-state index contributed by atoms with van der Waals surface area (Å²) in [4.78, 5) is 13.6. The van der Waals surface area contributed by atoms with E-state index in [4.69, 9.17) is 11.0 Å². The summed E-state index contributed by atoms with van der Waals surface area (Å²) in [6.45, 7) is 5.31. The van der Waals surface area contributed by atoms with Crippen molar-refractivity contribution < 1.29 is 4.79 Å². The Morgan fingerprint density at radius 1 is 1.50 bits per heavy atom. The number of nitrogens with zero attached hydrogens (tertiary/aromatic N) is 2. The van der Waals surface area contributed by atoms with Crippen molar-refractivity contribution in [2.75, 3.05) is 29.0 Å². The monoisotopic (exact) mass is 272 g/mol. The highest BCUT2D eigenvalue weighted by atomic mass is 16.1. The third-order valence-electron chi connectivity index (χ3n) is 3.59. The first kappa shape index (κ1) is 14.2. The van der Waals surface area contributed by atoms with Crippen molar-refractivity contribution in [3.05, 3.63) is 17.7 Å². The Hall–Kier alpha value is -2.22. The number of carbonyl (C=O) groups is 1. The van der Waals surface area contributed by atoms with Gasteiger partial charge in [0.2, 0.25) is 5.91 Å². The Kier molecular flexibility index (Phi) is 4.14. The van der Waals surface area contributed by atoms with Crippen LogP contribution in [0.3, 0.4) is 0 Å². The first-order valence-electron chi connectivity index (χ1n) is 6.92. The summed E-state index contributed by atoms with van der Waals surface area (Å²) in [5, 5.41) is 11.8. The second-order valence-electron chi connectivity index (χ2n) is 5.19. The summed E-state index contributed by atoms with van der Waals surface area (Å²) in [5.41, 5.74) is 9.64. The quantitative estimate of drug-likeness (QED) is 0.823. The van der Waals surface area contributed by atoms with Crippen LogP contribution in [-0.2, 0) is 11.2 Å². The van der Waals surface area contributed by atoms with E-state index in [9.17, 15) is 4.79 Å². The fourth-order valence-electron chi connectivity index (χ4n) is 2.48. The van der Waals surface area contributed by atoms with E-state index in [1.54, 1.807) is 0 Å². The van der Waals surface area contributed by atoms with Crippen LogP contribution in [0.2, 0.25) is 0 Å². The third kappa shape index (κ3) is 2.85. The number of anilines is 3. The number of nitrogens with one attached hydrogen (secondary N) is 1. The molecule has 106 valence electrons. The minimum Gasteiger partial charge on any atom is -0.397 e. The van der Waals surface area contributed by atoms with Crippen LogP contribution in [0.25, 0.3) is 0 Å². The van der Waals surface area contributed by atoms with Crippen molar-refractivity contribution in [1.82, 2.24) is 0 Å². The molecular weight excluding hydrogens is 252 g/mol. The maximum atomic E-state index is 11.5. The number of hydrogen-bond donors (Lipinski definition) is 2. The van der Waals surface area contributed by atoms with Crippen molar-refractivity contribution in [1.29, 1.82) is 5.26 Å². The molecule has 1 heterocycles. The van der Waals surface area contributed by atoms with Crippen molar-refractivity contribution in [3.63, 3.8) is 0 Å². The molecule has 1 aliphatic rings. The van der Waals surface area contributed by atoms with Crippen molar-refractivity contribution in [2.24, 2.45) is 5.92 Å². The summed E-state index contributed by atoms with van der Waals surface area (Å²) in [5.74, 6) is -0.0263. The van der Waals surface area contributed by atoms with Crippen LogP contribution < -0.4 is 16.0 Å². The average molecular weight is 272 g/mol. The topological polar surface area (TPSA) is 82.2 Å². The van der Waals surface area contributed by atoms with E-state index in [0.717, 1.165) is 29.9 Å². The van der Waals surface area contributed by atoms with E-state index in [1.807, 2.05) is 26.0 Å². The van der Waals surface area contributed by atoms with E-state index in [0.29, 0.717) is 18.7 Å². The van der Waals surface area contributed by atoms with Crippen LogP contribution in [0.5, 0.6) is 0 Å². The molecular formula is C15H20N4O. The molecule has 3 N–H and O–H groups in total. The number of benzene rings is 1. The van der Waals surface area contributed by atoms with Crippen LogP contribution in [0.4, 0.5) is 17.1 Å². The molecule has 20 heavy (non-hydrogen) atoms. The number of rotatable bonds is 4. The van der Waals surface area contributed by atoms with Gasteiger partial charge in [0.25, 0.3) is 0 Å². The zero-order chi connectivity index (χ0) is 14.7. The first-order chi connectivity index (χ1) is 9.55. The van der Waals surface area contributed by atoms with E-state index >= 15 is 0 Å². The fraction of sp³-hybridized carbons (Fsp3) is 0.467. The highest BCUT2D eigenvalue weighted by Crippen LogP contribution is 2.33. The Labute approximate surface area is 119 Å². The van der Waals surface area contributed by atoms with Gasteiger partial charge < -0.3 is 16.0 Å². The average Bonchev–Trinajstić information content (AvgIpc) is 2.44. The van der Waals surface area contributed by atoms with Gasteiger partial charge in [-0.05, 0) is 38.0 Å². The van der Waals surface area contributed by atoms with Crippen molar-refractivity contribution >= 4 is 23.0 Å². The summed E-state index contributed by atoms with van der Waals surface area (Å²) in [7, 11) is 0. The molecule has 2 rings (SSSR count). The molecule has 1 amide bonds. The Bertz CT molecular complexity index is 562. The van der Waals surface area contributed by atoms with Crippen LogP contribution in [0, 0.1) is 17.2 Å². The molecule has 1 atom stereocenters. The maximum Gasteiger partial charge on any atom is 0.224 e. The van der Waals surface area contributed by atoms with Gasteiger partial charge >= 0.3 is 0 Å². The number of nitrogen functional groups attached to an aromatic ring is 1. The predicted octanol–water partition coefficient (Wildman–Crippen LogP) is 2.14. The Morgan fingerprint density at radius 2 is 2.25 bits per heavy atom. The smallest absolute Gasteiger partial charge is 0.224 e. The van der Waals surface area contributed by atoms with Gasteiger partial charge in [0.05, 0.1) is 23.4 Å². The highest BCUT2D eigenvalue weighted by molar-refractivity contribution is 5.95. The zero-order valence-corrected chi connectivity index (χ0v) is 11.9. The lowest BCUT2D eigenvalue weighted by atomic mass is 10.0. The maximum absolute atomic E-state index is 11.5. The standard InChI is InChI=1S/C15H20N4O/c1-3-19(9-10(2)8-16)14-7-13-11(6-12(14)17)4-5-15(20)18-13/h6-7,10H,3-5,9,17H2,1-2H3,(H,18,20). The molecule has 0 radical (unpaired) electrons. The minimum atomic E-state index is -0.0695. The lowest BCUT2D eigenvalue weighted by Gasteiger charge is -2.28. The normalized spacial score (nSPS) is 14.9. The first-order valence-corrected chi connectivity index (χ1v) is 6.92. The number of carbonyl (C=O) groups excluding carboxylic acids is 1. The van der Waals surface area contributed by atoms with Crippen LogP contribution in [0.15, 0.2) is 12.1 Å². The molecule has 1 aliphatic heterocycles. The molecule has 0 saturated carbocycles. The van der Waals surface area contributed by atoms with Crippen molar-refractivity contribution in [2.45, 2.75) is 26.7 Å². The van der Waals surface area contributed by atoms with Gasteiger partial charge in [-0.2, -0.15) is 5.26 Å². The zero-order valence-electron chi connectivity index (χ0n) is 11.9. The van der Waals surface area contributed by atoms with Gasteiger partial charge in [-0.1, -0.05) is 0 Å². The van der Waals surface area contributed by atoms with Gasteiger partial charge in [-0.3, -0.25) is 4.79 Å². The number of amides is 1. The number of fused-ring (bicyclic) bond motifs is 1. The predicted molar refractivity (Wildman–Crippen MR) is 80.5 cm³/mol. The molecule has 0 bridgehead atoms. The second-order valence-corrected chi connectivity index (χ2v) is 5.19. The SMILES string of the molecule is CCN(CC(C)C#N)c1cc2c(cc1N)CCC(=O)N2. The van der Waals surface area contributed by atoms with Gasteiger partial charge in [0.15, 0.2) is 0 Å². The van der Waals surface area contributed by atoms with Gasteiger partial charge in [0, 0.05) is 25.2 Å². The molecule has 1 aromatic carbocycles. The fourth-order valence-corrected chi connectivity index (χ4v) is 2.48. The van der Waals surface area contributed by atoms with Crippen LogP contribution in [0.1, 0.15) is 25.8 Å². The van der Waals surface area contributed by atoms with Gasteiger partial charge in [-0.25, -0.2) is 0 Å². The lowest BCUT2D eigenvalue weighted by molar-refractivity contribution is -0.116. The van der Waals surface area contributed by atoms with Crippen molar-refractivity contribution in [3.8, 4) is 6.07 Å². The molecule has 1 unspecified atom stereocenters. The Morgan fingerprint density at radius 3 is 2.90 bits per heavy atom. The molecule has 0 fully saturated rings. The van der Waals surface area contributed by atoms with E-state index < -0.39 is 0 Å². The van der Waals surface area contributed by atoms with E-state index in [2.05, 4.69) is 16.3 Å². The molecule has 1 aromatic rings. The molecule has 5 nitrogen and oxygen atoms in total. The summed E-state index contributed by atoms with van der Waals surface area (Å²) in [6, 6.07) is 6.10. The third-order valence-corrected chi connectivity index (χ3v) is 3.59. The minimum absolute atomic E-state index is 0.0432. The van der Waals surface area contributed by atoms with Gasteiger partial charge in [-0.15, -0.1) is 0 Å². The van der Waals surface area contributed by atoms with Gasteiger partial charge in [0.1, 0.15) is 0 Å². The number of hydrogen-bond acceptors (Lipinski definition) is 4.